The molecule has 3 heteroatoms. The summed E-state index contributed by atoms with van der Waals surface area (Å²) < 4.78 is 24.6. The first kappa shape index (κ1) is 12.3. The van der Waals surface area contributed by atoms with E-state index >= 15 is 0 Å². The van der Waals surface area contributed by atoms with E-state index in [0.717, 1.165) is 6.07 Å². The van der Waals surface area contributed by atoms with Gasteiger partial charge in [0.1, 0.15) is 0 Å². The van der Waals surface area contributed by atoms with Crippen LogP contribution < -0.4 is 0 Å². The fourth-order valence-electron chi connectivity index (χ4n) is 1.09. The maximum Gasteiger partial charge on any atom is 0.218 e. The van der Waals surface area contributed by atoms with Gasteiger partial charge in [-0.3, -0.25) is 0 Å². The summed E-state index contributed by atoms with van der Waals surface area (Å²) in [7, 11) is 0. The largest absolute Gasteiger partial charge is 0.218 e. The van der Waals surface area contributed by atoms with Gasteiger partial charge in [0.15, 0.2) is 0 Å². The van der Waals surface area contributed by atoms with E-state index in [2.05, 4.69) is 4.98 Å². The van der Waals surface area contributed by atoms with E-state index in [1.165, 1.54) is 6.07 Å². The van der Waals surface area contributed by atoms with Crippen molar-refractivity contribution < 1.29 is 8.78 Å². The molecule has 0 aliphatic heterocycles. The van der Waals surface area contributed by atoms with Crippen LogP contribution in [0.1, 0.15) is 12.5 Å². The molecule has 2 rings (SSSR count). The lowest BCUT2D eigenvalue weighted by Crippen LogP contribution is -1.93. The quantitative estimate of drug-likeness (QED) is 0.670. The summed E-state index contributed by atoms with van der Waals surface area (Å²) in [5.74, 6) is -1.47. The molecule has 0 aliphatic rings. The second-order valence-corrected chi connectivity index (χ2v) is 3.09. The first-order valence-corrected chi connectivity index (χ1v) is 5.05. The Labute approximate surface area is 93.8 Å². The number of halogens is 2. The minimum Gasteiger partial charge on any atom is -0.190 e. The zero-order valence-corrected chi connectivity index (χ0v) is 9.03. The first-order chi connectivity index (χ1) is 7.74. The highest BCUT2D eigenvalue weighted by Gasteiger charge is 2.01. The Kier molecular flexibility index (Phi) is 5.12. The van der Waals surface area contributed by atoms with Crippen molar-refractivity contribution in [3.8, 4) is 0 Å². The Hall–Kier alpha value is -1.77. The van der Waals surface area contributed by atoms with Crippen LogP contribution in [0.2, 0.25) is 0 Å². The van der Waals surface area contributed by atoms with Crippen LogP contribution in [0.15, 0.2) is 48.5 Å². The molecular weight excluding hydrogens is 208 g/mol. The maximum atomic E-state index is 12.5. The molecule has 2 aromatic rings. The molecule has 0 bridgehead atoms. The summed E-state index contributed by atoms with van der Waals surface area (Å²) in [5.41, 5.74) is 0.446. The van der Waals surface area contributed by atoms with Gasteiger partial charge < -0.3 is 0 Å². The number of nitrogens with zero attached hydrogens (tertiary/aromatic N) is 1. The van der Waals surface area contributed by atoms with Gasteiger partial charge in [0.2, 0.25) is 11.9 Å². The van der Waals surface area contributed by atoms with E-state index in [9.17, 15) is 8.78 Å². The van der Waals surface area contributed by atoms with E-state index in [1.807, 2.05) is 36.4 Å². The third kappa shape index (κ3) is 4.17. The number of benzene rings is 1. The van der Waals surface area contributed by atoms with Crippen molar-refractivity contribution in [2.45, 2.75) is 13.3 Å². The molecule has 16 heavy (non-hydrogen) atoms. The second-order valence-electron chi connectivity index (χ2n) is 3.09. The minimum atomic E-state index is -0.769. The number of aryl methyl sites for hydroxylation is 1. The van der Waals surface area contributed by atoms with Crippen molar-refractivity contribution >= 4 is 0 Å². The van der Waals surface area contributed by atoms with Crippen LogP contribution in [0.4, 0.5) is 8.78 Å². The summed E-state index contributed by atoms with van der Waals surface area (Å²) in [6, 6.07) is 14.6. The molecule has 0 fully saturated rings. The molecule has 84 valence electrons. The van der Waals surface area contributed by atoms with Gasteiger partial charge in [0, 0.05) is 5.56 Å². The molecule has 0 radical (unpaired) electrons. The Morgan fingerprint density at radius 2 is 1.44 bits per heavy atom. The monoisotopic (exact) mass is 221 g/mol. The molecule has 0 aliphatic carbocycles. The van der Waals surface area contributed by atoms with Crippen LogP contribution in [0.25, 0.3) is 0 Å². The van der Waals surface area contributed by atoms with Gasteiger partial charge >= 0.3 is 0 Å². The van der Waals surface area contributed by atoms with Crippen molar-refractivity contribution in [2.75, 3.05) is 0 Å². The molecule has 0 atom stereocenters. The number of hydrogen-bond acceptors (Lipinski definition) is 1. The molecule has 1 aromatic heterocycles. The molecule has 0 N–H and O–H groups in total. The van der Waals surface area contributed by atoms with E-state index in [1.54, 1.807) is 6.92 Å². The highest BCUT2D eigenvalue weighted by molar-refractivity contribution is 5.10. The Morgan fingerprint density at radius 1 is 0.938 bits per heavy atom. The van der Waals surface area contributed by atoms with Crippen LogP contribution in [0.3, 0.4) is 0 Å². The van der Waals surface area contributed by atoms with Crippen molar-refractivity contribution in [3.63, 3.8) is 0 Å². The number of rotatable bonds is 1. The standard InChI is InChI=1S/C7H7F2N.C6H6/c1-2-5-3-4-6(8)10-7(5)9;1-2-4-6-5-3-1/h3-4H,2H2,1H3;1-6H. The van der Waals surface area contributed by atoms with Gasteiger partial charge in [-0.1, -0.05) is 43.3 Å². The fraction of sp³-hybridized carbons (Fsp3) is 0.154. The van der Waals surface area contributed by atoms with E-state index in [4.69, 9.17) is 0 Å². The third-order valence-corrected chi connectivity index (χ3v) is 1.94. The van der Waals surface area contributed by atoms with Gasteiger partial charge in [-0.25, -0.2) is 0 Å². The molecule has 1 nitrogen and oxygen atoms in total. The average Bonchev–Trinajstić information content (AvgIpc) is 2.32. The normalized spacial score (nSPS) is 9.19. The van der Waals surface area contributed by atoms with Crippen LogP contribution in [-0.2, 0) is 6.42 Å². The highest BCUT2D eigenvalue weighted by atomic mass is 19.1. The first-order valence-electron chi connectivity index (χ1n) is 5.05. The second kappa shape index (κ2) is 6.67. The van der Waals surface area contributed by atoms with Crippen molar-refractivity contribution in [1.29, 1.82) is 0 Å². The van der Waals surface area contributed by atoms with Gasteiger partial charge in [-0.15, -0.1) is 0 Å². The van der Waals surface area contributed by atoms with Crippen LogP contribution in [0, 0.1) is 11.9 Å². The van der Waals surface area contributed by atoms with Gasteiger partial charge in [-0.05, 0) is 18.6 Å². The lowest BCUT2D eigenvalue weighted by Gasteiger charge is -1.95. The SMILES string of the molecule is CCc1ccc(F)nc1F.c1ccccc1. The van der Waals surface area contributed by atoms with Crippen LogP contribution in [0.5, 0.6) is 0 Å². The van der Waals surface area contributed by atoms with Gasteiger partial charge in [0.25, 0.3) is 0 Å². The number of hydrogen-bond donors (Lipinski definition) is 0. The van der Waals surface area contributed by atoms with E-state index < -0.39 is 11.9 Å². The van der Waals surface area contributed by atoms with Gasteiger partial charge in [-0.2, -0.15) is 13.8 Å². The lowest BCUT2D eigenvalue weighted by molar-refractivity contribution is 0.504. The Morgan fingerprint density at radius 3 is 1.81 bits per heavy atom. The fourth-order valence-corrected chi connectivity index (χ4v) is 1.09. The predicted octanol–water partition coefficient (Wildman–Crippen LogP) is 3.61. The predicted molar refractivity (Wildman–Crippen MR) is 60.0 cm³/mol. The lowest BCUT2D eigenvalue weighted by atomic mass is 10.2. The molecule has 0 unspecified atom stereocenters. The summed E-state index contributed by atoms with van der Waals surface area (Å²) in [6.45, 7) is 1.79. The average molecular weight is 221 g/mol. The van der Waals surface area contributed by atoms with Gasteiger partial charge in [0.05, 0.1) is 0 Å². The van der Waals surface area contributed by atoms with E-state index in [0.29, 0.717) is 12.0 Å². The molecule has 1 heterocycles. The van der Waals surface area contributed by atoms with Crippen molar-refractivity contribution in [2.24, 2.45) is 0 Å². The Bertz CT molecular complexity index is 389. The maximum absolute atomic E-state index is 12.5. The minimum absolute atomic E-state index is 0.446. The van der Waals surface area contributed by atoms with Crippen LogP contribution >= 0.6 is 0 Å². The zero-order valence-electron chi connectivity index (χ0n) is 9.03. The third-order valence-electron chi connectivity index (χ3n) is 1.94. The smallest absolute Gasteiger partial charge is 0.190 e. The highest BCUT2D eigenvalue weighted by Crippen LogP contribution is 2.05. The van der Waals surface area contributed by atoms with Crippen LogP contribution in [-0.4, -0.2) is 4.98 Å². The molecule has 0 saturated carbocycles. The molecular formula is C13H13F2N. The molecule has 1 aromatic carbocycles. The van der Waals surface area contributed by atoms with Crippen molar-refractivity contribution in [3.05, 3.63) is 66.0 Å². The zero-order chi connectivity index (χ0) is 11.8. The Balaban J connectivity index is 0.000000181. The molecule has 0 amide bonds. The number of pyridine rings is 1. The number of aromatic nitrogens is 1. The van der Waals surface area contributed by atoms with E-state index in [-0.39, 0.29) is 0 Å². The molecule has 0 saturated heterocycles. The topological polar surface area (TPSA) is 12.9 Å². The van der Waals surface area contributed by atoms with Crippen molar-refractivity contribution in [1.82, 2.24) is 4.98 Å². The summed E-state index contributed by atoms with van der Waals surface area (Å²) in [4.78, 5) is 3.01. The molecule has 0 spiro atoms. The summed E-state index contributed by atoms with van der Waals surface area (Å²) >= 11 is 0. The summed E-state index contributed by atoms with van der Waals surface area (Å²) in [6.07, 6.45) is 0.541. The summed E-state index contributed by atoms with van der Waals surface area (Å²) in [5, 5.41) is 0.